The Morgan fingerprint density at radius 3 is 2.00 bits per heavy atom. The molecule has 0 aliphatic heterocycles. The van der Waals surface area contributed by atoms with Crippen LogP contribution in [0.25, 0.3) is 0 Å². The van der Waals surface area contributed by atoms with Gasteiger partial charge in [0.2, 0.25) is 0 Å². The van der Waals surface area contributed by atoms with Crippen LogP contribution in [0.4, 0.5) is 8.78 Å². The zero-order valence-corrected chi connectivity index (χ0v) is 11.1. The monoisotopic (exact) mass is 287 g/mol. The van der Waals surface area contributed by atoms with Crippen molar-refractivity contribution in [1.82, 2.24) is 4.31 Å². The van der Waals surface area contributed by atoms with Gasteiger partial charge in [0.25, 0.3) is 10.0 Å². The van der Waals surface area contributed by atoms with Crippen LogP contribution in [0.2, 0.25) is 0 Å². The molecule has 0 aromatic heterocycles. The minimum atomic E-state index is -4.82. The van der Waals surface area contributed by atoms with E-state index in [4.69, 9.17) is 0 Å². The molecule has 1 aromatic carbocycles. The van der Waals surface area contributed by atoms with Gasteiger partial charge in [-0.15, -0.1) is 13.2 Å². The first kappa shape index (κ1) is 15.5. The maximum atomic E-state index is 14.1. The molecule has 3 nitrogen and oxygen atoms in total. The lowest BCUT2D eigenvalue weighted by Crippen LogP contribution is -2.41. The molecular formula is C13H15F2NO2S. The largest absolute Gasteiger partial charge is 0.384 e. The smallest absolute Gasteiger partial charge is 0.205 e. The molecule has 0 aliphatic carbocycles. The number of nitrogens with zero attached hydrogens (tertiary/aromatic N) is 1. The van der Waals surface area contributed by atoms with Gasteiger partial charge in [0, 0.05) is 18.7 Å². The maximum Gasteiger partial charge on any atom is 0.384 e. The van der Waals surface area contributed by atoms with Gasteiger partial charge >= 0.3 is 5.25 Å². The molecule has 0 heterocycles. The van der Waals surface area contributed by atoms with Crippen LogP contribution < -0.4 is 0 Å². The zero-order chi connectivity index (χ0) is 14.5. The summed E-state index contributed by atoms with van der Waals surface area (Å²) in [5, 5.41) is -3.99. The lowest BCUT2D eigenvalue weighted by atomic mass is 10.2. The van der Waals surface area contributed by atoms with Gasteiger partial charge in [-0.2, -0.15) is 13.1 Å². The summed E-state index contributed by atoms with van der Waals surface area (Å²) in [5.41, 5.74) is -0.562. The number of hydrogen-bond acceptors (Lipinski definition) is 2. The number of alkyl halides is 2. The summed E-state index contributed by atoms with van der Waals surface area (Å²) in [6.45, 7) is 6.34. The van der Waals surface area contributed by atoms with Crippen LogP contribution in [0, 0.1) is 0 Å². The van der Waals surface area contributed by atoms with Gasteiger partial charge in [0.05, 0.1) is 0 Å². The fourth-order valence-corrected chi connectivity index (χ4v) is 2.86. The van der Waals surface area contributed by atoms with Crippen LogP contribution in [-0.4, -0.2) is 25.8 Å². The predicted octanol–water partition coefficient (Wildman–Crippen LogP) is 2.74. The van der Waals surface area contributed by atoms with Crippen molar-refractivity contribution >= 4 is 10.0 Å². The van der Waals surface area contributed by atoms with E-state index in [-0.39, 0.29) is 13.1 Å². The average molecular weight is 287 g/mol. The highest BCUT2D eigenvalue weighted by atomic mass is 32.2. The van der Waals surface area contributed by atoms with Gasteiger partial charge in [-0.05, 0) is 0 Å². The quantitative estimate of drug-likeness (QED) is 0.723. The minimum absolute atomic E-state index is 0.198. The van der Waals surface area contributed by atoms with E-state index in [2.05, 4.69) is 13.2 Å². The van der Waals surface area contributed by atoms with Crippen LogP contribution in [-0.2, 0) is 15.3 Å². The summed E-state index contributed by atoms with van der Waals surface area (Å²) in [6.07, 6.45) is 2.50. The SMILES string of the molecule is C=CCN(CC=C)S(=O)(=O)C(F)(F)c1ccccc1. The van der Waals surface area contributed by atoms with Gasteiger partial charge in [0.1, 0.15) is 0 Å². The molecule has 0 spiro atoms. The first-order chi connectivity index (χ1) is 8.87. The highest BCUT2D eigenvalue weighted by Gasteiger charge is 2.49. The molecule has 104 valence electrons. The lowest BCUT2D eigenvalue weighted by Gasteiger charge is -2.25. The fourth-order valence-electron chi connectivity index (χ4n) is 1.50. The van der Waals surface area contributed by atoms with Gasteiger partial charge < -0.3 is 0 Å². The van der Waals surface area contributed by atoms with Gasteiger partial charge in [-0.25, -0.2) is 8.42 Å². The summed E-state index contributed by atoms with van der Waals surface area (Å²) in [5.74, 6) is 0. The molecule has 0 amide bonds. The van der Waals surface area contributed by atoms with E-state index in [1.54, 1.807) is 0 Å². The van der Waals surface area contributed by atoms with E-state index in [9.17, 15) is 17.2 Å². The lowest BCUT2D eigenvalue weighted by molar-refractivity contribution is 0.0827. The molecule has 0 saturated carbocycles. The minimum Gasteiger partial charge on any atom is -0.205 e. The van der Waals surface area contributed by atoms with Crippen molar-refractivity contribution in [2.45, 2.75) is 5.25 Å². The van der Waals surface area contributed by atoms with Crippen LogP contribution in [0.1, 0.15) is 5.56 Å². The van der Waals surface area contributed by atoms with Crippen molar-refractivity contribution in [2.75, 3.05) is 13.1 Å². The summed E-state index contributed by atoms with van der Waals surface area (Å²) < 4.78 is 52.9. The zero-order valence-electron chi connectivity index (χ0n) is 10.3. The Bertz CT molecular complexity index is 531. The second kappa shape index (κ2) is 6.08. The summed E-state index contributed by atoms with van der Waals surface area (Å²) >= 11 is 0. The standard InChI is InChI=1S/C13H15F2NO2S/c1-3-10-16(11-4-2)19(17,18)13(14,15)12-8-6-5-7-9-12/h3-9H,1-2,10-11H2. The summed E-state index contributed by atoms with van der Waals surface area (Å²) in [6, 6.07) is 6.43. The molecule has 0 atom stereocenters. The Hall–Kier alpha value is -1.53. The van der Waals surface area contributed by atoms with E-state index in [0.717, 1.165) is 12.1 Å². The number of benzene rings is 1. The Balaban J connectivity index is 3.23. The Morgan fingerprint density at radius 1 is 1.11 bits per heavy atom. The normalized spacial score (nSPS) is 12.4. The number of rotatable bonds is 7. The molecule has 1 aromatic rings. The Kier molecular flexibility index (Phi) is 4.97. The fraction of sp³-hybridized carbons (Fsp3) is 0.231. The maximum absolute atomic E-state index is 14.1. The predicted molar refractivity (Wildman–Crippen MR) is 71.2 cm³/mol. The van der Waals surface area contributed by atoms with E-state index < -0.39 is 20.8 Å². The summed E-state index contributed by atoms with van der Waals surface area (Å²) in [4.78, 5) is 0. The second-order valence-electron chi connectivity index (χ2n) is 3.78. The molecule has 19 heavy (non-hydrogen) atoms. The Labute approximate surface area is 111 Å². The van der Waals surface area contributed by atoms with Gasteiger partial charge in [-0.3, -0.25) is 0 Å². The molecule has 0 fully saturated rings. The number of hydrogen-bond donors (Lipinski definition) is 0. The van der Waals surface area contributed by atoms with Crippen LogP contribution in [0.15, 0.2) is 55.6 Å². The van der Waals surface area contributed by atoms with E-state index in [1.165, 1.54) is 30.4 Å². The highest BCUT2D eigenvalue weighted by molar-refractivity contribution is 7.89. The average Bonchev–Trinajstić information content (AvgIpc) is 2.39. The second-order valence-corrected chi connectivity index (χ2v) is 5.76. The van der Waals surface area contributed by atoms with Gasteiger partial charge in [0.15, 0.2) is 0 Å². The molecule has 6 heteroatoms. The van der Waals surface area contributed by atoms with Crippen LogP contribution in [0.3, 0.4) is 0 Å². The van der Waals surface area contributed by atoms with Crippen molar-refractivity contribution in [3.63, 3.8) is 0 Å². The number of sulfonamides is 1. The Morgan fingerprint density at radius 2 is 1.58 bits per heavy atom. The molecule has 0 N–H and O–H groups in total. The topological polar surface area (TPSA) is 37.4 Å². The van der Waals surface area contributed by atoms with E-state index >= 15 is 0 Å². The molecule has 0 aliphatic rings. The third kappa shape index (κ3) is 3.08. The summed E-state index contributed by atoms with van der Waals surface area (Å²) in [7, 11) is -4.82. The van der Waals surface area contributed by atoms with Crippen molar-refractivity contribution in [3.05, 3.63) is 61.2 Å². The third-order valence-electron chi connectivity index (χ3n) is 2.44. The van der Waals surface area contributed by atoms with Crippen molar-refractivity contribution in [3.8, 4) is 0 Å². The number of halogens is 2. The molecule has 0 unspecified atom stereocenters. The third-order valence-corrected chi connectivity index (χ3v) is 4.30. The molecule has 0 bridgehead atoms. The van der Waals surface area contributed by atoms with Crippen LogP contribution >= 0.6 is 0 Å². The highest BCUT2D eigenvalue weighted by Crippen LogP contribution is 2.36. The van der Waals surface area contributed by atoms with Crippen molar-refractivity contribution in [2.24, 2.45) is 0 Å². The first-order valence-corrected chi connectivity index (χ1v) is 6.96. The van der Waals surface area contributed by atoms with E-state index in [1.807, 2.05) is 0 Å². The van der Waals surface area contributed by atoms with E-state index in [0.29, 0.717) is 4.31 Å². The molecule has 0 radical (unpaired) electrons. The van der Waals surface area contributed by atoms with Gasteiger partial charge in [-0.1, -0.05) is 42.5 Å². The van der Waals surface area contributed by atoms with Crippen LogP contribution in [0.5, 0.6) is 0 Å². The van der Waals surface area contributed by atoms with Crippen molar-refractivity contribution in [1.29, 1.82) is 0 Å². The molecule has 0 saturated heterocycles. The first-order valence-electron chi connectivity index (χ1n) is 5.52. The molecule has 1 rings (SSSR count). The molecular weight excluding hydrogens is 272 g/mol. The van der Waals surface area contributed by atoms with Crippen molar-refractivity contribution < 1.29 is 17.2 Å².